The molecule has 0 aromatic carbocycles. The van der Waals surface area contributed by atoms with Crippen LogP contribution in [0.3, 0.4) is 0 Å². The minimum Gasteiger partial charge on any atom is -0.367 e. The molecule has 0 saturated carbocycles. The smallest absolute Gasteiger partial charge is 0.130 e. The molecule has 0 amide bonds. The van der Waals surface area contributed by atoms with Crippen LogP contribution in [-0.2, 0) is 4.74 Å². The summed E-state index contributed by atoms with van der Waals surface area (Å²) in [5.41, 5.74) is 0. The molecular formula is C23H48NO+. The van der Waals surface area contributed by atoms with E-state index in [1.54, 1.807) is 0 Å². The molecule has 0 radical (unpaired) electrons. The maximum absolute atomic E-state index is 5.36. The third-order valence-corrected chi connectivity index (χ3v) is 5.72. The fourth-order valence-corrected chi connectivity index (χ4v) is 3.90. The summed E-state index contributed by atoms with van der Waals surface area (Å²) in [6.45, 7) is 5.82. The van der Waals surface area contributed by atoms with Gasteiger partial charge in [-0.05, 0) is 12.8 Å². The van der Waals surface area contributed by atoms with Gasteiger partial charge in [-0.25, -0.2) is 0 Å². The van der Waals surface area contributed by atoms with E-state index in [1.165, 1.54) is 116 Å². The number of epoxide rings is 1. The van der Waals surface area contributed by atoms with E-state index in [9.17, 15) is 0 Å². The van der Waals surface area contributed by atoms with E-state index in [1.807, 2.05) is 0 Å². The summed E-state index contributed by atoms with van der Waals surface area (Å²) in [6, 6.07) is 0. The maximum atomic E-state index is 5.36. The Balaban J connectivity index is 1.70. The second kappa shape index (κ2) is 15.0. The molecule has 2 nitrogen and oxygen atoms in total. The Morgan fingerprint density at radius 2 is 1.00 bits per heavy atom. The number of hydrogen-bond acceptors (Lipinski definition) is 1. The van der Waals surface area contributed by atoms with Crippen molar-refractivity contribution in [3.63, 3.8) is 0 Å². The van der Waals surface area contributed by atoms with E-state index in [4.69, 9.17) is 4.74 Å². The molecule has 1 fully saturated rings. The molecule has 1 rings (SSSR count). The fraction of sp³-hybridized carbons (Fsp3) is 1.00. The average Bonchev–Trinajstić information content (AvgIpc) is 3.37. The average molecular weight is 355 g/mol. The Morgan fingerprint density at radius 1 is 0.640 bits per heavy atom. The molecule has 0 unspecified atom stereocenters. The van der Waals surface area contributed by atoms with Crippen LogP contribution in [0.2, 0.25) is 0 Å². The minimum atomic E-state index is 0.566. The van der Waals surface area contributed by atoms with Gasteiger partial charge in [0, 0.05) is 0 Å². The lowest BCUT2D eigenvalue weighted by molar-refractivity contribution is -0.891. The zero-order valence-electron chi connectivity index (χ0n) is 17.9. The lowest BCUT2D eigenvalue weighted by Gasteiger charge is -2.29. The standard InChI is InChI=1S/C23H48NO/c1-4-5-6-7-8-9-10-11-12-13-14-15-16-17-18-19-20-24(2,3)21-23-22-25-23/h23H,4-22H2,1-3H3/q+1/t23-/m0/s1. The molecule has 150 valence electrons. The first-order valence-electron chi connectivity index (χ1n) is 11.6. The van der Waals surface area contributed by atoms with Gasteiger partial charge in [0.1, 0.15) is 12.6 Å². The SMILES string of the molecule is CCCCCCCCCCCCCCCCCC[N+](C)(C)C[C@H]1CO1. The van der Waals surface area contributed by atoms with E-state index >= 15 is 0 Å². The predicted octanol–water partition coefficient (Wildman–Crippen LogP) is 6.72. The lowest BCUT2D eigenvalue weighted by atomic mass is 10.0. The van der Waals surface area contributed by atoms with Crippen molar-refractivity contribution in [1.82, 2.24) is 0 Å². The van der Waals surface area contributed by atoms with Crippen LogP contribution in [-0.4, -0.2) is 44.4 Å². The fourth-order valence-electron chi connectivity index (χ4n) is 3.90. The third-order valence-electron chi connectivity index (χ3n) is 5.72. The number of nitrogens with zero attached hydrogens (tertiary/aromatic N) is 1. The third kappa shape index (κ3) is 15.9. The van der Waals surface area contributed by atoms with E-state index in [2.05, 4.69) is 21.0 Å². The topological polar surface area (TPSA) is 12.5 Å². The van der Waals surface area contributed by atoms with E-state index in [0.717, 1.165) is 11.1 Å². The normalized spacial score (nSPS) is 17.2. The summed E-state index contributed by atoms with van der Waals surface area (Å²) in [6.07, 6.45) is 23.8. The minimum absolute atomic E-state index is 0.566. The van der Waals surface area contributed by atoms with Gasteiger partial charge in [0.05, 0.1) is 27.2 Å². The van der Waals surface area contributed by atoms with Crippen molar-refractivity contribution in [1.29, 1.82) is 0 Å². The molecule has 0 spiro atoms. The van der Waals surface area contributed by atoms with Gasteiger partial charge in [0.15, 0.2) is 0 Å². The number of ether oxygens (including phenoxy) is 1. The largest absolute Gasteiger partial charge is 0.367 e. The summed E-state index contributed by atoms with van der Waals surface area (Å²) in [7, 11) is 4.71. The molecule has 0 bridgehead atoms. The first kappa shape index (κ1) is 23.0. The summed E-state index contributed by atoms with van der Waals surface area (Å²) >= 11 is 0. The van der Waals surface area contributed by atoms with Crippen molar-refractivity contribution in [2.45, 2.75) is 116 Å². The quantitative estimate of drug-likeness (QED) is 0.142. The lowest BCUT2D eigenvalue weighted by Crippen LogP contribution is -2.43. The van der Waals surface area contributed by atoms with Gasteiger partial charge in [0.2, 0.25) is 0 Å². The molecule has 0 aromatic rings. The van der Waals surface area contributed by atoms with E-state index in [0.29, 0.717) is 6.10 Å². The van der Waals surface area contributed by atoms with Crippen LogP contribution in [0.4, 0.5) is 0 Å². The van der Waals surface area contributed by atoms with Gasteiger partial charge >= 0.3 is 0 Å². The van der Waals surface area contributed by atoms with Gasteiger partial charge in [-0.1, -0.05) is 96.8 Å². The maximum Gasteiger partial charge on any atom is 0.130 e. The molecule has 1 aliphatic rings. The molecular weight excluding hydrogens is 306 g/mol. The zero-order valence-corrected chi connectivity index (χ0v) is 17.9. The summed E-state index contributed by atoms with van der Waals surface area (Å²) in [4.78, 5) is 0. The molecule has 1 saturated heterocycles. The van der Waals surface area contributed by atoms with Crippen molar-refractivity contribution < 1.29 is 9.22 Å². The Labute approximate surface area is 159 Å². The summed E-state index contributed by atoms with van der Waals surface area (Å²) in [5, 5.41) is 0. The number of likely N-dealkylation sites (N-methyl/N-ethyl adjacent to an activating group) is 1. The molecule has 1 aliphatic heterocycles. The van der Waals surface area contributed by atoms with Crippen molar-refractivity contribution in [2.24, 2.45) is 0 Å². The highest BCUT2D eigenvalue weighted by molar-refractivity contribution is 4.67. The second-order valence-electron chi connectivity index (χ2n) is 9.10. The van der Waals surface area contributed by atoms with Crippen LogP contribution in [0.1, 0.15) is 110 Å². The molecule has 1 heterocycles. The predicted molar refractivity (Wildman–Crippen MR) is 111 cm³/mol. The van der Waals surface area contributed by atoms with Crippen LogP contribution in [0.15, 0.2) is 0 Å². The number of rotatable bonds is 19. The molecule has 0 aromatic heterocycles. The Kier molecular flexibility index (Phi) is 13.8. The first-order valence-corrected chi connectivity index (χ1v) is 11.6. The van der Waals surface area contributed by atoms with Crippen molar-refractivity contribution in [3.8, 4) is 0 Å². The van der Waals surface area contributed by atoms with E-state index < -0.39 is 0 Å². The zero-order chi connectivity index (χ0) is 18.2. The van der Waals surface area contributed by atoms with Gasteiger partial charge in [-0.3, -0.25) is 0 Å². The number of quaternary nitrogens is 1. The highest BCUT2D eigenvalue weighted by Gasteiger charge is 2.30. The Bertz CT molecular complexity index is 286. The summed E-state index contributed by atoms with van der Waals surface area (Å²) < 4.78 is 6.50. The van der Waals surface area contributed by atoms with Gasteiger partial charge < -0.3 is 9.22 Å². The van der Waals surface area contributed by atoms with Crippen LogP contribution in [0, 0.1) is 0 Å². The van der Waals surface area contributed by atoms with Crippen molar-refractivity contribution in [3.05, 3.63) is 0 Å². The summed E-state index contributed by atoms with van der Waals surface area (Å²) in [5.74, 6) is 0. The van der Waals surface area contributed by atoms with Gasteiger partial charge in [-0.2, -0.15) is 0 Å². The van der Waals surface area contributed by atoms with Crippen LogP contribution >= 0.6 is 0 Å². The first-order chi connectivity index (χ1) is 12.1. The number of hydrogen-bond donors (Lipinski definition) is 0. The van der Waals surface area contributed by atoms with Crippen LogP contribution in [0.25, 0.3) is 0 Å². The molecule has 0 aliphatic carbocycles. The number of unbranched alkanes of at least 4 members (excludes halogenated alkanes) is 15. The van der Waals surface area contributed by atoms with Gasteiger partial charge in [-0.15, -0.1) is 0 Å². The highest BCUT2D eigenvalue weighted by atomic mass is 16.6. The Hall–Kier alpha value is -0.0800. The second-order valence-corrected chi connectivity index (χ2v) is 9.10. The molecule has 2 heteroatoms. The van der Waals surface area contributed by atoms with Gasteiger partial charge in [0.25, 0.3) is 0 Å². The molecule has 1 atom stereocenters. The highest BCUT2D eigenvalue weighted by Crippen LogP contribution is 2.16. The van der Waals surface area contributed by atoms with E-state index in [-0.39, 0.29) is 0 Å². The monoisotopic (exact) mass is 354 g/mol. The Morgan fingerprint density at radius 3 is 1.36 bits per heavy atom. The molecule has 0 N–H and O–H groups in total. The van der Waals surface area contributed by atoms with Crippen LogP contribution in [0.5, 0.6) is 0 Å². The molecule has 25 heavy (non-hydrogen) atoms. The van der Waals surface area contributed by atoms with Crippen molar-refractivity contribution >= 4 is 0 Å². The van der Waals surface area contributed by atoms with Crippen molar-refractivity contribution in [2.75, 3.05) is 33.8 Å². The van der Waals surface area contributed by atoms with Crippen LogP contribution < -0.4 is 0 Å².